The maximum atomic E-state index is 5.52. The first-order chi connectivity index (χ1) is 9.68. The van der Waals surface area contributed by atoms with E-state index in [1.165, 1.54) is 22.2 Å². The van der Waals surface area contributed by atoms with Crippen molar-refractivity contribution in [3.05, 3.63) is 35.5 Å². The first-order valence-corrected chi connectivity index (χ1v) is 7.57. The average molecular weight is 272 g/mol. The molecule has 0 bridgehead atoms. The number of aromatic nitrogens is 1. The number of H-pyrrole nitrogens is 1. The van der Waals surface area contributed by atoms with Crippen LogP contribution in [0.5, 0.6) is 0 Å². The van der Waals surface area contributed by atoms with Crippen molar-refractivity contribution in [1.82, 2.24) is 9.88 Å². The molecular formula is C17H24N2O. The Labute approximate surface area is 120 Å². The van der Waals surface area contributed by atoms with Crippen molar-refractivity contribution >= 4 is 10.9 Å². The molecule has 1 N–H and O–H groups in total. The zero-order valence-corrected chi connectivity index (χ0v) is 12.6. The van der Waals surface area contributed by atoms with Gasteiger partial charge in [0.25, 0.3) is 0 Å². The Morgan fingerprint density at radius 2 is 1.85 bits per heavy atom. The Hall–Kier alpha value is -1.32. The van der Waals surface area contributed by atoms with Crippen molar-refractivity contribution in [2.75, 3.05) is 26.3 Å². The van der Waals surface area contributed by atoms with E-state index in [0.29, 0.717) is 12.0 Å². The Morgan fingerprint density at radius 1 is 1.15 bits per heavy atom. The van der Waals surface area contributed by atoms with Crippen LogP contribution in [0.1, 0.15) is 31.1 Å². The lowest BCUT2D eigenvalue weighted by Gasteiger charge is -2.37. The van der Waals surface area contributed by atoms with Crippen LogP contribution in [0.25, 0.3) is 10.9 Å². The summed E-state index contributed by atoms with van der Waals surface area (Å²) in [6.07, 6.45) is 0. The molecule has 3 rings (SSSR count). The number of hydrogen-bond donors (Lipinski definition) is 1. The number of ether oxygens (including phenoxy) is 1. The summed E-state index contributed by atoms with van der Waals surface area (Å²) in [6.45, 7) is 10.6. The second kappa shape index (κ2) is 5.58. The number of nitrogens with one attached hydrogen (secondary N) is 1. The van der Waals surface area contributed by atoms with Gasteiger partial charge in [-0.3, -0.25) is 4.90 Å². The van der Waals surface area contributed by atoms with Crippen molar-refractivity contribution in [1.29, 1.82) is 0 Å². The van der Waals surface area contributed by atoms with Gasteiger partial charge in [-0.1, -0.05) is 32.0 Å². The molecule has 1 aromatic heterocycles. The van der Waals surface area contributed by atoms with Crippen LogP contribution in [0.4, 0.5) is 0 Å². The van der Waals surface area contributed by atoms with Crippen LogP contribution in [0, 0.1) is 12.8 Å². The van der Waals surface area contributed by atoms with Crippen LogP contribution < -0.4 is 0 Å². The van der Waals surface area contributed by atoms with Gasteiger partial charge in [-0.05, 0) is 24.5 Å². The fourth-order valence-corrected chi connectivity index (χ4v) is 3.47. The molecule has 20 heavy (non-hydrogen) atoms. The van der Waals surface area contributed by atoms with Crippen LogP contribution in [-0.4, -0.2) is 36.2 Å². The molecule has 3 heteroatoms. The quantitative estimate of drug-likeness (QED) is 0.926. The number of benzene rings is 1. The number of aromatic amines is 1. The lowest BCUT2D eigenvalue weighted by molar-refractivity contribution is 0.00583. The fraction of sp³-hybridized carbons (Fsp3) is 0.529. The van der Waals surface area contributed by atoms with Gasteiger partial charge in [0.2, 0.25) is 0 Å². The summed E-state index contributed by atoms with van der Waals surface area (Å²) >= 11 is 0. The van der Waals surface area contributed by atoms with Crippen molar-refractivity contribution in [3.63, 3.8) is 0 Å². The van der Waals surface area contributed by atoms with E-state index < -0.39 is 0 Å². The molecule has 1 aliphatic heterocycles. The van der Waals surface area contributed by atoms with Crippen LogP contribution in [0.15, 0.2) is 24.3 Å². The molecule has 0 aliphatic carbocycles. The Morgan fingerprint density at radius 3 is 2.55 bits per heavy atom. The highest BCUT2D eigenvalue weighted by Gasteiger charge is 2.28. The number of fused-ring (bicyclic) bond motifs is 1. The van der Waals surface area contributed by atoms with E-state index in [1.807, 2.05) is 0 Å². The molecule has 0 spiro atoms. The Bertz CT molecular complexity index is 582. The zero-order chi connectivity index (χ0) is 14.1. The van der Waals surface area contributed by atoms with Gasteiger partial charge in [-0.15, -0.1) is 0 Å². The third-order valence-corrected chi connectivity index (χ3v) is 4.31. The van der Waals surface area contributed by atoms with Gasteiger partial charge in [0.15, 0.2) is 0 Å². The third-order valence-electron chi connectivity index (χ3n) is 4.31. The minimum absolute atomic E-state index is 0.468. The van der Waals surface area contributed by atoms with Crippen molar-refractivity contribution < 1.29 is 4.74 Å². The first kappa shape index (κ1) is 13.7. The minimum Gasteiger partial charge on any atom is -0.379 e. The predicted octanol–water partition coefficient (Wildman–Crippen LogP) is 3.51. The van der Waals surface area contributed by atoms with Crippen LogP contribution >= 0.6 is 0 Å². The summed E-state index contributed by atoms with van der Waals surface area (Å²) < 4.78 is 5.52. The monoisotopic (exact) mass is 272 g/mol. The maximum Gasteiger partial charge on any atom is 0.0594 e. The summed E-state index contributed by atoms with van der Waals surface area (Å²) in [7, 11) is 0. The minimum atomic E-state index is 0.468. The molecule has 0 amide bonds. The van der Waals surface area contributed by atoms with Crippen LogP contribution in [0.3, 0.4) is 0 Å². The molecule has 3 nitrogen and oxygen atoms in total. The van der Waals surface area contributed by atoms with Crippen molar-refractivity contribution in [2.45, 2.75) is 26.8 Å². The highest BCUT2D eigenvalue weighted by molar-refractivity contribution is 5.85. The van der Waals surface area contributed by atoms with E-state index in [-0.39, 0.29) is 0 Å². The van der Waals surface area contributed by atoms with E-state index in [4.69, 9.17) is 4.74 Å². The third kappa shape index (κ3) is 2.36. The summed E-state index contributed by atoms with van der Waals surface area (Å²) in [5.74, 6) is 0.589. The summed E-state index contributed by atoms with van der Waals surface area (Å²) in [5, 5.41) is 1.37. The van der Waals surface area contributed by atoms with Crippen molar-refractivity contribution in [3.8, 4) is 0 Å². The van der Waals surface area contributed by atoms with Gasteiger partial charge in [0, 0.05) is 35.7 Å². The van der Waals surface area contributed by atoms with Gasteiger partial charge in [-0.25, -0.2) is 0 Å². The topological polar surface area (TPSA) is 28.3 Å². The SMILES string of the molecule is Cc1[nH]c2ccccc2c1C(C(C)C)N1CCOCC1. The van der Waals surface area contributed by atoms with Gasteiger partial charge in [0.05, 0.1) is 13.2 Å². The van der Waals surface area contributed by atoms with Gasteiger partial charge in [0.1, 0.15) is 0 Å². The number of nitrogens with zero attached hydrogens (tertiary/aromatic N) is 1. The molecular weight excluding hydrogens is 248 g/mol. The summed E-state index contributed by atoms with van der Waals surface area (Å²) in [6, 6.07) is 9.11. The van der Waals surface area contributed by atoms with Gasteiger partial charge in [-0.2, -0.15) is 0 Å². The van der Waals surface area contributed by atoms with Gasteiger partial charge < -0.3 is 9.72 Å². The van der Waals surface area contributed by atoms with E-state index in [2.05, 4.69) is 54.9 Å². The highest BCUT2D eigenvalue weighted by Crippen LogP contribution is 2.36. The number of hydrogen-bond acceptors (Lipinski definition) is 2. The number of aryl methyl sites for hydroxylation is 1. The van der Waals surface area contributed by atoms with E-state index in [0.717, 1.165) is 26.3 Å². The molecule has 2 heterocycles. The molecule has 1 unspecified atom stereocenters. The average Bonchev–Trinajstić information content (AvgIpc) is 2.77. The fourth-order valence-electron chi connectivity index (χ4n) is 3.47. The summed E-state index contributed by atoms with van der Waals surface area (Å²) in [4.78, 5) is 6.12. The largest absolute Gasteiger partial charge is 0.379 e. The molecule has 0 radical (unpaired) electrons. The van der Waals surface area contributed by atoms with E-state index in [9.17, 15) is 0 Å². The summed E-state index contributed by atoms with van der Waals surface area (Å²) in [5.41, 5.74) is 4.02. The van der Waals surface area contributed by atoms with E-state index in [1.54, 1.807) is 0 Å². The van der Waals surface area contributed by atoms with E-state index >= 15 is 0 Å². The number of morpholine rings is 1. The lowest BCUT2D eigenvalue weighted by atomic mass is 9.92. The van der Waals surface area contributed by atoms with Gasteiger partial charge >= 0.3 is 0 Å². The zero-order valence-electron chi connectivity index (χ0n) is 12.6. The molecule has 1 fully saturated rings. The first-order valence-electron chi connectivity index (χ1n) is 7.57. The lowest BCUT2D eigenvalue weighted by Crippen LogP contribution is -2.41. The maximum absolute atomic E-state index is 5.52. The van der Waals surface area contributed by atoms with Crippen LogP contribution in [0.2, 0.25) is 0 Å². The molecule has 1 saturated heterocycles. The second-order valence-corrected chi connectivity index (χ2v) is 6.05. The van der Waals surface area contributed by atoms with Crippen LogP contribution in [-0.2, 0) is 4.74 Å². The second-order valence-electron chi connectivity index (χ2n) is 6.05. The highest BCUT2D eigenvalue weighted by atomic mass is 16.5. The number of rotatable bonds is 3. The van der Waals surface area contributed by atoms with Crippen molar-refractivity contribution in [2.24, 2.45) is 5.92 Å². The molecule has 1 aliphatic rings. The Kier molecular flexibility index (Phi) is 3.81. The number of para-hydroxylation sites is 1. The predicted molar refractivity (Wildman–Crippen MR) is 83.0 cm³/mol. The normalized spacial score (nSPS) is 18.8. The molecule has 1 atom stereocenters. The Balaban J connectivity index is 2.07. The molecule has 108 valence electrons. The molecule has 0 saturated carbocycles. The molecule has 2 aromatic rings. The standard InChI is InChI=1S/C17H24N2O/c1-12(2)17(19-8-10-20-11-9-19)16-13(3)18-15-7-5-4-6-14(15)16/h4-7,12,17-18H,8-11H2,1-3H3. The smallest absolute Gasteiger partial charge is 0.0594 e. The molecule has 1 aromatic carbocycles.